The summed E-state index contributed by atoms with van der Waals surface area (Å²) >= 11 is 1.47. The number of carbonyl (C=O) groups is 6. The highest BCUT2D eigenvalue weighted by Crippen LogP contribution is 2.21. The van der Waals surface area contributed by atoms with E-state index in [0.717, 1.165) is 0 Å². The second kappa shape index (κ2) is 21.1. The van der Waals surface area contributed by atoms with Crippen LogP contribution in [0.4, 0.5) is 0 Å². The van der Waals surface area contributed by atoms with Crippen molar-refractivity contribution in [2.24, 2.45) is 23.3 Å². The van der Waals surface area contributed by atoms with Gasteiger partial charge in [-0.3, -0.25) is 24.0 Å². The molecule has 5 amide bonds. The van der Waals surface area contributed by atoms with E-state index in [-0.39, 0.29) is 24.7 Å². The Morgan fingerprint density at radius 2 is 1.46 bits per heavy atom. The average Bonchev–Trinajstić information content (AvgIpc) is 3.47. The Hall–Kier alpha value is -2.91. The van der Waals surface area contributed by atoms with Gasteiger partial charge in [0.2, 0.25) is 29.5 Å². The maximum absolute atomic E-state index is 13.7. The van der Waals surface area contributed by atoms with Crippen LogP contribution >= 0.6 is 11.8 Å². The molecule has 9 N–H and O–H groups in total. The number of nitrogens with zero attached hydrogens (tertiary/aromatic N) is 1. The minimum Gasteiger partial charge on any atom is -0.480 e. The maximum atomic E-state index is 13.7. The quantitative estimate of drug-likeness (QED) is 0.0827. The molecule has 0 aromatic carbocycles. The second-order valence-electron chi connectivity index (χ2n) is 12.9. The highest BCUT2D eigenvalue weighted by Gasteiger charge is 2.39. The summed E-state index contributed by atoms with van der Waals surface area (Å²) in [6.07, 6.45) is 5.30. The van der Waals surface area contributed by atoms with E-state index in [9.17, 15) is 33.9 Å². The minimum absolute atomic E-state index is 0.00847. The zero-order valence-electron chi connectivity index (χ0n) is 28.3. The van der Waals surface area contributed by atoms with Crippen molar-refractivity contribution >= 4 is 47.3 Å². The average molecular weight is 672 g/mol. The van der Waals surface area contributed by atoms with Gasteiger partial charge < -0.3 is 42.7 Å². The van der Waals surface area contributed by atoms with Crippen molar-refractivity contribution in [2.45, 2.75) is 122 Å². The van der Waals surface area contributed by atoms with Crippen LogP contribution < -0.4 is 32.7 Å². The van der Waals surface area contributed by atoms with Gasteiger partial charge in [-0.05, 0) is 88.7 Å². The number of carbonyl (C=O) groups excluding carboxylic acids is 5. The topological polar surface area (TPSA) is 226 Å². The summed E-state index contributed by atoms with van der Waals surface area (Å²) < 4.78 is 0. The molecular formula is C31H57N7O7S. The Bertz CT molecular complexity index is 1030. The van der Waals surface area contributed by atoms with Crippen LogP contribution in [0.1, 0.15) is 86.0 Å². The van der Waals surface area contributed by atoms with Gasteiger partial charge in [-0.15, -0.1) is 0 Å². The van der Waals surface area contributed by atoms with E-state index in [2.05, 4.69) is 21.3 Å². The number of carboxylic acids is 1. The normalized spacial score (nSPS) is 18.0. The number of likely N-dealkylation sites (tertiary alicyclic amines) is 1. The summed E-state index contributed by atoms with van der Waals surface area (Å²) in [5, 5.41) is 20.2. The number of rotatable bonds is 21. The number of hydrogen-bond acceptors (Lipinski definition) is 9. The third-order valence-corrected chi connectivity index (χ3v) is 8.42. The van der Waals surface area contributed by atoms with Gasteiger partial charge in [-0.2, -0.15) is 11.8 Å². The Morgan fingerprint density at radius 3 is 2.02 bits per heavy atom. The molecule has 0 saturated carbocycles. The van der Waals surface area contributed by atoms with Gasteiger partial charge in [-0.25, -0.2) is 4.79 Å². The molecule has 1 fully saturated rings. The molecule has 0 spiro atoms. The van der Waals surface area contributed by atoms with E-state index < -0.39 is 71.8 Å². The molecular weight excluding hydrogens is 614 g/mol. The lowest BCUT2D eigenvalue weighted by molar-refractivity contribution is -0.145. The van der Waals surface area contributed by atoms with Crippen molar-refractivity contribution in [2.75, 3.05) is 25.1 Å². The summed E-state index contributed by atoms with van der Waals surface area (Å²) in [6.45, 7) is 9.88. The van der Waals surface area contributed by atoms with E-state index in [0.29, 0.717) is 57.4 Å². The van der Waals surface area contributed by atoms with Gasteiger partial charge in [0.1, 0.15) is 30.2 Å². The van der Waals surface area contributed by atoms with E-state index in [4.69, 9.17) is 11.5 Å². The molecule has 0 unspecified atom stereocenters. The fourth-order valence-corrected chi connectivity index (χ4v) is 5.76. The van der Waals surface area contributed by atoms with E-state index in [1.807, 2.05) is 34.0 Å². The molecule has 6 atom stereocenters. The summed E-state index contributed by atoms with van der Waals surface area (Å²) in [5.74, 6) is -2.98. The molecule has 46 heavy (non-hydrogen) atoms. The fourth-order valence-electron chi connectivity index (χ4n) is 5.29. The third-order valence-electron chi connectivity index (χ3n) is 7.78. The number of amides is 5. The number of nitrogens with two attached hydrogens (primary N) is 2. The van der Waals surface area contributed by atoms with Crippen molar-refractivity contribution in [3.8, 4) is 0 Å². The van der Waals surface area contributed by atoms with Gasteiger partial charge in [0.25, 0.3) is 0 Å². The Kier molecular flexibility index (Phi) is 18.8. The molecule has 1 saturated heterocycles. The molecule has 0 aromatic rings. The predicted octanol–water partition coefficient (Wildman–Crippen LogP) is 0.323. The molecule has 1 aliphatic heterocycles. The van der Waals surface area contributed by atoms with E-state index in [1.54, 1.807) is 0 Å². The van der Waals surface area contributed by atoms with Crippen LogP contribution in [0, 0.1) is 11.8 Å². The first kappa shape index (κ1) is 41.1. The summed E-state index contributed by atoms with van der Waals surface area (Å²) in [6, 6.07) is -5.64. The molecule has 15 heteroatoms. The monoisotopic (exact) mass is 671 g/mol. The second-order valence-corrected chi connectivity index (χ2v) is 13.9. The van der Waals surface area contributed by atoms with Crippen LogP contribution in [0.5, 0.6) is 0 Å². The zero-order chi connectivity index (χ0) is 35.0. The highest BCUT2D eigenvalue weighted by molar-refractivity contribution is 7.98. The summed E-state index contributed by atoms with van der Waals surface area (Å²) in [5.41, 5.74) is 11.6. The van der Waals surface area contributed by atoms with E-state index in [1.165, 1.54) is 23.6 Å². The zero-order valence-corrected chi connectivity index (χ0v) is 29.1. The Labute approximate surface area is 277 Å². The lowest BCUT2D eigenvalue weighted by Gasteiger charge is -2.31. The molecule has 1 aliphatic rings. The van der Waals surface area contributed by atoms with Crippen molar-refractivity contribution in [1.82, 2.24) is 26.2 Å². The first-order valence-corrected chi connectivity index (χ1v) is 17.7. The molecule has 1 rings (SSSR count). The highest BCUT2D eigenvalue weighted by atomic mass is 32.2. The first-order chi connectivity index (χ1) is 21.6. The number of carboxylic acid groups (broad SMARTS) is 1. The van der Waals surface area contributed by atoms with Crippen LogP contribution in [0.3, 0.4) is 0 Å². The van der Waals surface area contributed by atoms with Gasteiger partial charge >= 0.3 is 5.97 Å². The lowest BCUT2D eigenvalue weighted by Crippen LogP contribution is -2.58. The van der Waals surface area contributed by atoms with E-state index >= 15 is 0 Å². The minimum atomic E-state index is -1.14. The van der Waals surface area contributed by atoms with Crippen LogP contribution in [-0.4, -0.2) is 107 Å². The number of nitrogens with one attached hydrogen (secondary N) is 4. The first-order valence-electron chi connectivity index (χ1n) is 16.3. The van der Waals surface area contributed by atoms with Crippen molar-refractivity contribution in [3.05, 3.63) is 0 Å². The van der Waals surface area contributed by atoms with Crippen LogP contribution in [0.15, 0.2) is 0 Å². The molecule has 0 radical (unpaired) electrons. The van der Waals surface area contributed by atoms with Crippen molar-refractivity contribution in [3.63, 3.8) is 0 Å². The predicted molar refractivity (Wildman–Crippen MR) is 179 cm³/mol. The molecule has 264 valence electrons. The van der Waals surface area contributed by atoms with Gasteiger partial charge in [0.15, 0.2) is 0 Å². The number of unbranched alkanes of at least 4 members (excludes halogenated alkanes) is 1. The summed E-state index contributed by atoms with van der Waals surface area (Å²) in [4.78, 5) is 79.1. The lowest BCUT2D eigenvalue weighted by atomic mass is 10.0. The SMILES string of the molecule is CSCC[C@H](NC(=O)[C@@H]1CCCN1C(=O)[C@H](CC(C)C)NC(=O)[C@H](C)NC(=O)[C@H](CCCCN)NC(=O)[C@@H](N)CC(C)C)C(=O)O. The number of aliphatic carboxylic acids is 1. The van der Waals surface area contributed by atoms with Crippen LogP contribution in [-0.2, 0) is 28.8 Å². The Balaban J connectivity index is 3.00. The molecule has 14 nitrogen and oxygen atoms in total. The Morgan fingerprint density at radius 1 is 0.826 bits per heavy atom. The fraction of sp³-hybridized carbons (Fsp3) is 0.806. The standard InChI is InChI=1S/C31H57N7O7S/c1-18(2)16-21(33)27(40)35-22(10-7-8-13-32)28(41)34-20(5)26(39)37-24(17-19(3)4)30(43)38-14-9-11-25(38)29(42)36-23(31(44)45)12-15-46-6/h18-25H,7-17,32-33H2,1-6H3,(H,34,41)(H,35,40)(H,36,42)(H,37,39)(H,44,45)/t20-,21-,22-,23-,24-,25-/m0/s1. The van der Waals surface area contributed by atoms with Gasteiger partial charge in [-0.1, -0.05) is 27.7 Å². The van der Waals surface area contributed by atoms with Crippen molar-refractivity contribution in [1.29, 1.82) is 0 Å². The van der Waals surface area contributed by atoms with Gasteiger partial charge in [0, 0.05) is 6.54 Å². The largest absolute Gasteiger partial charge is 0.480 e. The summed E-state index contributed by atoms with van der Waals surface area (Å²) in [7, 11) is 0. The molecule has 0 bridgehead atoms. The number of thioether (sulfide) groups is 1. The smallest absolute Gasteiger partial charge is 0.326 e. The molecule has 0 aliphatic carbocycles. The molecule has 1 heterocycles. The molecule has 0 aromatic heterocycles. The van der Waals surface area contributed by atoms with Crippen LogP contribution in [0.25, 0.3) is 0 Å². The number of hydrogen-bond donors (Lipinski definition) is 7. The van der Waals surface area contributed by atoms with Crippen LogP contribution in [0.2, 0.25) is 0 Å². The van der Waals surface area contributed by atoms with Gasteiger partial charge in [0.05, 0.1) is 6.04 Å². The maximum Gasteiger partial charge on any atom is 0.326 e. The third kappa shape index (κ3) is 14.2. The van der Waals surface area contributed by atoms with Crippen molar-refractivity contribution < 1.29 is 33.9 Å².